The topological polar surface area (TPSA) is 15.3 Å². The highest BCUT2D eigenvalue weighted by atomic mass is 15.2. The number of rotatable bonds is 7. The van der Waals surface area contributed by atoms with Crippen LogP contribution in [0.15, 0.2) is 0 Å². The fraction of sp³-hybridized carbons (Fsp3) is 1.00. The molecule has 2 heteroatoms. The Balaban J connectivity index is 2.15. The zero-order valence-electron chi connectivity index (χ0n) is 10.8. The van der Waals surface area contributed by atoms with Crippen LogP contribution in [0, 0.1) is 5.92 Å². The van der Waals surface area contributed by atoms with Crippen LogP contribution in [0.4, 0.5) is 0 Å². The molecule has 1 aliphatic heterocycles. The second-order valence-corrected chi connectivity index (χ2v) is 5.01. The minimum Gasteiger partial charge on any atom is -0.316 e. The zero-order chi connectivity index (χ0) is 11.1. The number of hydrogen-bond donors (Lipinski definition) is 1. The molecule has 1 saturated heterocycles. The van der Waals surface area contributed by atoms with Gasteiger partial charge in [0.15, 0.2) is 0 Å². The molecule has 15 heavy (non-hydrogen) atoms. The predicted molar refractivity (Wildman–Crippen MR) is 67.2 cm³/mol. The Morgan fingerprint density at radius 2 is 2.20 bits per heavy atom. The number of likely N-dealkylation sites (tertiary alicyclic amines) is 1. The average molecular weight is 212 g/mol. The van der Waals surface area contributed by atoms with Crippen LogP contribution in [0.1, 0.15) is 46.5 Å². The predicted octanol–water partition coefficient (Wildman–Crippen LogP) is 2.50. The minimum atomic E-state index is 0.795. The van der Waals surface area contributed by atoms with Crippen molar-refractivity contribution in [2.45, 2.75) is 52.5 Å². The third-order valence-corrected chi connectivity index (χ3v) is 3.44. The first-order valence-corrected chi connectivity index (χ1v) is 6.72. The van der Waals surface area contributed by atoms with Crippen LogP contribution in [0.2, 0.25) is 0 Å². The summed E-state index contributed by atoms with van der Waals surface area (Å²) in [4.78, 5) is 2.69. The van der Waals surface area contributed by atoms with Gasteiger partial charge in [-0.3, -0.25) is 0 Å². The van der Waals surface area contributed by atoms with Crippen molar-refractivity contribution in [3.63, 3.8) is 0 Å². The summed E-state index contributed by atoms with van der Waals surface area (Å²) in [5.41, 5.74) is 0. The summed E-state index contributed by atoms with van der Waals surface area (Å²) in [5.74, 6) is 0.795. The molecule has 0 radical (unpaired) electrons. The van der Waals surface area contributed by atoms with Crippen LogP contribution in [0.25, 0.3) is 0 Å². The van der Waals surface area contributed by atoms with Gasteiger partial charge in [-0.25, -0.2) is 0 Å². The highest BCUT2D eigenvalue weighted by Gasteiger charge is 2.23. The molecule has 1 rings (SSSR count). The van der Waals surface area contributed by atoms with Gasteiger partial charge in [0.2, 0.25) is 0 Å². The van der Waals surface area contributed by atoms with Gasteiger partial charge in [-0.05, 0) is 51.2 Å². The molecule has 0 aromatic heterocycles. The van der Waals surface area contributed by atoms with Crippen molar-refractivity contribution in [1.82, 2.24) is 10.2 Å². The van der Waals surface area contributed by atoms with Crippen molar-refractivity contribution < 1.29 is 0 Å². The summed E-state index contributed by atoms with van der Waals surface area (Å²) in [6.07, 6.45) is 5.41. The molecule has 2 atom stereocenters. The fourth-order valence-electron chi connectivity index (χ4n) is 2.59. The van der Waals surface area contributed by atoms with E-state index < -0.39 is 0 Å². The van der Waals surface area contributed by atoms with E-state index in [1.54, 1.807) is 0 Å². The molecular weight excluding hydrogens is 184 g/mol. The normalized spacial score (nSPS) is 24.6. The van der Waals surface area contributed by atoms with Gasteiger partial charge in [0, 0.05) is 12.6 Å². The monoisotopic (exact) mass is 212 g/mol. The summed E-state index contributed by atoms with van der Waals surface area (Å²) in [7, 11) is 0. The molecule has 0 aromatic rings. The summed E-state index contributed by atoms with van der Waals surface area (Å²) < 4.78 is 0. The number of nitrogens with one attached hydrogen (secondary N) is 1. The van der Waals surface area contributed by atoms with Crippen molar-refractivity contribution in [2.75, 3.05) is 26.2 Å². The first kappa shape index (κ1) is 13.0. The van der Waals surface area contributed by atoms with Gasteiger partial charge in [-0.2, -0.15) is 0 Å². The van der Waals surface area contributed by atoms with Crippen molar-refractivity contribution >= 4 is 0 Å². The van der Waals surface area contributed by atoms with Crippen LogP contribution < -0.4 is 5.32 Å². The molecule has 0 spiro atoms. The van der Waals surface area contributed by atoms with Crippen LogP contribution in [-0.2, 0) is 0 Å². The highest BCUT2D eigenvalue weighted by Crippen LogP contribution is 2.20. The molecule has 0 aliphatic carbocycles. The van der Waals surface area contributed by atoms with Gasteiger partial charge in [0.25, 0.3) is 0 Å². The molecule has 1 heterocycles. The number of nitrogens with zero attached hydrogens (tertiary/aromatic N) is 1. The van der Waals surface area contributed by atoms with Crippen molar-refractivity contribution in [1.29, 1.82) is 0 Å². The lowest BCUT2D eigenvalue weighted by Gasteiger charge is -2.26. The second kappa shape index (κ2) is 7.24. The Hall–Kier alpha value is -0.0800. The van der Waals surface area contributed by atoms with E-state index in [4.69, 9.17) is 0 Å². The van der Waals surface area contributed by atoms with Gasteiger partial charge in [-0.15, -0.1) is 0 Å². The molecule has 90 valence electrons. The van der Waals surface area contributed by atoms with Gasteiger partial charge >= 0.3 is 0 Å². The molecule has 1 aliphatic rings. The Labute approximate surface area is 95.4 Å². The maximum atomic E-state index is 3.51. The van der Waals surface area contributed by atoms with Crippen molar-refractivity contribution in [2.24, 2.45) is 5.92 Å². The van der Waals surface area contributed by atoms with Gasteiger partial charge < -0.3 is 10.2 Å². The molecule has 2 unspecified atom stereocenters. The van der Waals surface area contributed by atoms with E-state index in [0.29, 0.717) is 0 Å². The first-order chi connectivity index (χ1) is 7.27. The Morgan fingerprint density at radius 3 is 2.87 bits per heavy atom. The van der Waals surface area contributed by atoms with E-state index in [9.17, 15) is 0 Å². The van der Waals surface area contributed by atoms with E-state index in [0.717, 1.165) is 12.0 Å². The van der Waals surface area contributed by atoms with Gasteiger partial charge in [0.05, 0.1) is 0 Å². The molecule has 1 fully saturated rings. The van der Waals surface area contributed by atoms with E-state index in [-0.39, 0.29) is 0 Å². The standard InChI is InChI=1S/C13H28N2/c1-4-8-14-10-12(3)11-15-9-6-7-13(15)5-2/h12-14H,4-11H2,1-3H3. The van der Waals surface area contributed by atoms with E-state index in [1.165, 1.54) is 51.9 Å². The van der Waals surface area contributed by atoms with Crippen molar-refractivity contribution in [3.8, 4) is 0 Å². The fourth-order valence-corrected chi connectivity index (χ4v) is 2.59. The Bertz CT molecular complexity index is 159. The summed E-state index contributed by atoms with van der Waals surface area (Å²) in [6, 6.07) is 0.874. The SMILES string of the molecule is CCCNCC(C)CN1CCCC1CC. The van der Waals surface area contributed by atoms with Gasteiger partial charge in [0.1, 0.15) is 0 Å². The van der Waals surface area contributed by atoms with Crippen LogP contribution >= 0.6 is 0 Å². The summed E-state index contributed by atoms with van der Waals surface area (Å²) in [5, 5.41) is 3.51. The Kier molecular flexibility index (Phi) is 6.26. The minimum absolute atomic E-state index is 0.795. The lowest BCUT2D eigenvalue weighted by Crippen LogP contribution is -2.36. The lowest BCUT2D eigenvalue weighted by atomic mass is 10.1. The molecule has 0 amide bonds. The zero-order valence-corrected chi connectivity index (χ0v) is 10.8. The smallest absolute Gasteiger partial charge is 0.00932 e. The second-order valence-electron chi connectivity index (χ2n) is 5.01. The van der Waals surface area contributed by atoms with Crippen LogP contribution in [0.3, 0.4) is 0 Å². The molecule has 0 aromatic carbocycles. The van der Waals surface area contributed by atoms with E-state index >= 15 is 0 Å². The Morgan fingerprint density at radius 1 is 1.40 bits per heavy atom. The largest absolute Gasteiger partial charge is 0.316 e. The summed E-state index contributed by atoms with van der Waals surface area (Å²) in [6.45, 7) is 11.9. The van der Waals surface area contributed by atoms with Crippen molar-refractivity contribution in [3.05, 3.63) is 0 Å². The first-order valence-electron chi connectivity index (χ1n) is 6.72. The summed E-state index contributed by atoms with van der Waals surface area (Å²) >= 11 is 0. The number of hydrogen-bond acceptors (Lipinski definition) is 2. The molecule has 0 bridgehead atoms. The molecule has 2 nitrogen and oxygen atoms in total. The van der Waals surface area contributed by atoms with Crippen LogP contribution in [0.5, 0.6) is 0 Å². The third kappa shape index (κ3) is 4.52. The molecule has 0 saturated carbocycles. The van der Waals surface area contributed by atoms with E-state index in [2.05, 4.69) is 31.0 Å². The quantitative estimate of drug-likeness (QED) is 0.652. The van der Waals surface area contributed by atoms with Gasteiger partial charge in [-0.1, -0.05) is 20.8 Å². The molecule has 1 N–H and O–H groups in total. The maximum Gasteiger partial charge on any atom is 0.00932 e. The highest BCUT2D eigenvalue weighted by molar-refractivity contribution is 4.79. The average Bonchev–Trinajstić information content (AvgIpc) is 2.65. The van der Waals surface area contributed by atoms with E-state index in [1.807, 2.05) is 0 Å². The molecular formula is C13H28N2. The van der Waals surface area contributed by atoms with Crippen LogP contribution in [-0.4, -0.2) is 37.1 Å². The maximum absolute atomic E-state index is 3.51. The lowest BCUT2D eigenvalue weighted by molar-refractivity contribution is 0.214. The third-order valence-electron chi connectivity index (χ3n) is 3.44.